The minimum atomic E-state index is 0.538. The minimum absolute atomic E-state index is 0.538. The molecule has 0 aromatic heterocycles. The van der Waals surface area contributed by atoms with E-state index in [4.69, 9.17) is 9.47 Å². The second-order valence-corrected chi connectivity index (χ2v) is 5.57. The highest BCUT2D eigenvalue weighted by molar-refractivity contribution is 4.85. The molecule has 2 atom stereocenters. The molecule has 0 aromatic rings. The number of hydrogen-bond donors (Lipinski definition) is 1. The molecular formula is C15H31NO2. The van der Waals surface area contributed by atoms with Crippen molar-refractivity contribution in [2.75, 3.05) is 26.9 Å². The van der Waals surface area contributed by atoms with Crippen molar-refractivity contribution in [1.29, 1.82) is 0 Å². The lowest BCUT2D eigenvalue weighted by Crippen LogP contribution is -2.41. The molecule has 2 unspecified atom stereocenters. The Bertz CT molecular complexity index is 205. The molecule has 1 saturated carbocycles. The number of nitrogens with one attached hydrogen (secondary N) is 1. The van der Waals surface area contributed by atoms with Crippen LogP contribution in [0, 0.1) is 11.8 Å². The molecule has 0 amide bonds. The fourth-order valence-electron chi connectivity index (χ4n) is 2.88. The Morgan fingerprint density at radius 2 is 2.00 bits per heavy atom. The van der Waals surface area contributed by atoms with Crippen molar-refractivity contribution >= 4 is 0 Å². The second-order valence-electron chi connectivity index (χ2n) is 5.57. The van der Waals surface area contributed by atoms with E-state index in [9.17, 15) is 0 Å². The van der Waals surface area contributed by atoms with Gasteiger partial charge in [0.1, 0.15) is 0 Å². The van der Waals surface area contributed by atoms with Gasteiger partial charge >= 0.3 is 0 Å². The molecule has 1 aliphatic rings. The van der Waals surface area contributed by atoms with Crippen molar-refractivity contribution in [3.05, 3.63) is 0 Å². The Hall–Kier alpha value is -0.120. The fraction of sp³-hybridized carbons (Fsp3) is 1.00. The summed E-state index contributed by atoms with van der Waals surface area (Å²) < 4.78 is 10.8. The van der Waals surface area contributed by atoms with Gasteiger partial charge in [0, 0.05) is 26.4 Å². The predicted molar refractivity (Wildman–Crippen MR) is 75.9 cm³/mol. The van der Waals surface area contributed by atoms with Gasteiger partial charge in [-0.25, -0.2) is 0 Å². The summed E-state index contributed by atoms with van der Waals surface area (Å²) >= 11 is 0. The molecule has 0 saturated heterocycles. The molecule has 1 N–H and O–H groups in total. The van der Waals surface area contributed by atoms with E-state index in [0.29, 0.717) is 18.1 Å². The highest BCUT2D eigenvalue weighted by atomic mass is 16.5. The zero-order valence-corrected chi connectivity index (χ0v) is 12.6. The van der Waals surface area contributed by atoms with E-state index in [1.165, 1.54) is 19.3 Å². The summed E-state index contributed by atoms with van der Waals surface area (Å²) in [5.41, 5.74) is 0. The lowest BCUT2D eigenvalue weighted by atomic mass is 9.76. The van der Waals surface area contributed by atoms with Gasteiger partial charge in [-0.3, -0.25) is 0 Å². The Morgan fingerprint density at radius 1 is 1.28 bits per heavy atom. The lowest BCUT2D eigenvalue weighted by molar-refractivity contribution is -0.0308. The average molecular weight is 257 g/mol. The van der Waals surface area contributed by atoms with Gasteiger partial charge in [0.15, 0.2) is 0 Å². The predicted octanol–water partition coefficient (Wildman–Crippen LogP) is 2.84. The van der Waals surface area contributed by atoms with Gasteiger partial charge in [-0.05, 0) is 51.0 Å². The first-order valence-electron chi connectivity index (χ1n) is 7.55. The molecule has 0 bridgehead atoms. The monoisotopic (exact) mass is 257 g/mol. The summed E-state index contributed by atoms with van der Waals surface area (Å²) in [5, 5.41) is 3.64. The maximum absolute atomic E-state index is 5.63. The maximum Gasteiger partial charge on any atom is 0.0580 e. The summed E-state index contributed by atoms with van der Waals surface area (Å²) in [6.07, 6.45) is 5.49. The Labute approximate surface area is 113 Å². The summed E-state index contributed by atoms with van der Waals surface area (Å²) in [6.45, 7) is 9.41. The summed E-state index contributed by atoms with van der Waals surface area (Å²) in [7, 11) is 1.79. The highest BCUT2D eigenvalue weighted by Gasteiger charge is 2.32. The van der Waals surface area contributed by atoms with E-state index >= 15 is 0 Å². The number of ether oxygens (including phenoxy) is 2. The molecule has 1 fully saturated rings. The molecule has 0 aliphatic heterocycles. The maximum atomic E-state index is 5.63. The third kappa shape index (κ3) is 5.25. The van der Waals surface area contributed by atoms with E-state index < -0.39 is 0 Å². The summed E-state index contributed by atoms with van der Waals surface area (Å²) in [4.78, 5) is 0. The average Bonchev–Trinajstić information content (AvgIpc) is 2.32. The minimum Gasteiger partial charge on any atom is -0.385 e. The van der Waals surface area contributed by atoms with Crippen LogP contribution in [0.5, 0.6) is 0 Å². The first-order valence-corrected chi connectivity index (χ1v) is 7.55. The van der Waals surface area contributed by atoms with Crippen LogP contribution in [0.1, 0.15) is 46.5 Å². The van der Waals surface area contributed by atoms with Crippen molar-refractivity contribution in [3.63, 3.8) is 0 Å². The molecule has 0 heterocycles. The Morgan fingerprint density at radius 3 is 2.56 bits per heavy atom. The van der Waals surface area contributed by atoms with Crippen LogP contribution in [0.25, 0.3) is 0 Å². The Kier molecular flexibility index (Phi) is 7.87. The largest absolute Gasteiger partial charge is 0.385 e. The number of rotatable bonds is 10. The molecule has 0 radical (unpaired) electrons. The zero-order valence-electron chi connectivity index (χ0n) is 12.6. The van der Waals surface area contributed by atoms with Crippen LogP contribution in [0.3, 0.4) is 0 Å². The molecular weight excluding hydrogens is 226 g/mol. The van der Waals surface area contributed by atoms with Gasteiger partial charge in [-0.15, -0.1) is 0 Å². The zero-order chi connectivity index (χ0) is 13.4. The molecule has 1 aliphatic carbocycles. The molecule has 0 spiro atoms. The molecule has 18 heavy (non-hydrogen) atoms. The van der Waals surface area contributed by atoms with E-state index in [2.05, 4.69) is 26.1 Å². The van der Waals surface area contributed by atoms with E-state index in [-0.39, 0.29) is 0 Å². The lowest BCUT2D eigenvalue weighted by Gasteiger charge is -2.38. The highest BCUT2D eigenvalue weighted by Crippen LogP contribution is 2.35. The third-order valence-corrected chi connectivity index (χ3v) is 4.11. The van der Waals surface area contributed by atoms with Crippen LogP contribution in [0.2, 0.25) is 0 Å². The van der Waals surface area contributed by atoms with Crippen LogP contribution in [-0.2, 0) is 9.47 Å². The van der Waals surface area contributed by atoms with Gasteiger partial charge in [0.05, 0.1) is 6.10 Å². The molecule has 3 nitrogen and oxygen atoms in total. The standard InChI is InChI=1S/C15H31NO2/c1-5-16-15(12(3)7-8-17-4)11-13-9-14(10-13)18-6-2/h12-16H,5-11H2,1-4H3. The van der Waals surface area contributed by atoms with Gasteiger partial charge in [-0.1, -0.05) is 13.8 Å². The van der Waals surface area contributed by atoms with Crippen LogP contribution in [-0.4, -0.2) is 39.0 Å². The van der Waals surface area contributed by atoms with Gasteiger partial charge < -0.3 is 14.8 Å². The quantitative estimate of drug-likeness (QED) is 0.653. The van der Waals surface area contributed by atoms with E-state index in [1.807, 2.05) is 0 Å². The van der Waals surface area contributed by atoms with Crippen molar-refractivity contribution in [2.24, 2.45) is 11.8 Å². The topological polar surface area (TPSA) is 30.5 Å². The SMILES string of the molecule is CCNC(CC1CC(OCC)C1)C(C)CCOC. The smallest absolute Gasteiger partial charge is 0.0580 e. The first-order chi connectivity index (χ1) is 8.71. The molecule has 108 valence electrons. The van der Waals surface area contributed by atoms with Crippen molar-refractivity contribution < 1.29 is 9.47 Å². The normalized spacial score (nSPS) is 26.7. The molecule has 3 heteroatoms. The van der Waals surface area contributed by atoms with Crippen molar-refractivity contribution in [2.45, 2.75) is 58.6 Å². The first kappa shape index (κ1) is 15.9. The van der Waals surface area contributed by atoms with Gasteiger partial charge in [0.25, 0.3) is 0 Å². The van der Waals surface area contributed by atoms with Crippen LogP contribution < -0.4 is 5.32 Å². The summed E-state index contributed by atoms with van der Waals surface area (Å²) in [5.74, 6) is 1.55. The van der Waals surface area contributed by atoms with Gasteiger partial charge in [0.2, 0.25) is 0 Å². The molecule has 1 rings (SSSR count). The van der Waals surface area contributed by atoms with E-state index in [1.54, 1.807) is 7.11 Å². The van der Waals surface area contributed by atoms with Crippen LogP contribution in [0.15, 0.2) is 0 Å². The van der Waals surface area contributed by atoms with Crippen LogP contribution in [0.4, 0.5) is 0 Å². The van der Waals surface area contributed by atoms with E-state index in [0.717, 1.165) is 32.1 Å². The fourth-order valence-corrected chi connectivity index (χ4v) is 2.88. The molecule has 0 aromatic carbocycles. The number of methoxy groups -OCH3 is 1. The van der Waals surface area contributed by atoms with Crippen molar-refractivity contribution in [3.8, 4) is 0 Å². The second kappa shape index (κ2) is 8.89. The van der Waals surface area contributed by atoms with Crippen molar-refractivity contribution in [1.82, 2.24) is 5.32 Å². The van der Waals surface area contributed by atoms with Crippen LogP contribution >= 0.6 is 0 Å². The number of hydrogen-bond acceptors (Lipinski definition) is 3. The summed E-state index contributed by atoms with van der Waals surface area (Å²) in [6, 6.07) is 0.637. The third-order valence-electron chi connectivity index (χ3n) is 4.11. The Balaban J connectivity index is 2.25. The van der Waals surface area contributed by atoms with Gasteiger partial charge in [-0.2, -0.15) is 0 Å².